The van der Waals surface area contributed by atoms with E-state index in [0.717, 1.165) is 30.6 Å². The minimum atomic E-state index is -3.83. The van der Waals surface area contributed by atoms with Crippen molar-refractivity contribution in [2.75, 3.05) is 25.5 Å². The summed E-state index contributed by atoms with van der Waals surface area (Å²) in [6.45, 7) is 0. The Hall–Kier alpha value is -2.27. The lowest BCUT2D eigenvalue weighted by molar-refractivity contribution is -0.393. The standard InChI is InChI=1S/C9H11N3O7S/c1-10(19-2)9-7(11(13)14)4-6(20(3,17)18)5-8(9)12(15)16/h4-5H,1-3H3. The number of rotatable bonds is 5. The van der Waals surface area contributed by atoms with Crippen LogP contribution in [0.5, 0.6) is 0 Å². The maximum absolute atomic E-state index is 11.4. The van der Waals surface area contributed by atoms with Gasteiger partial charge < -0.3 is 0 Å². The number of hydroxylamine groups is 1. The monoisotopic (exact) mass is 305 g/mol. The molecule has 0 atom stereocenters. The van der Waals surface area contributed by atoms with Crippen LogP contribution >= 0.6 is 0 Å². The lowest BCUT2D eigenvalue weighted by atomic mass is 10.2. The summed E-state index contributed by atoms with van der Waals surface area (Å²) in [4.78, 5) is 24.4. The van der Waals surface area contributed by atoms with Gasteiger partial charge in [-0.15, -0.1) is 0 Å². The van der Waals surface area contributed by atoms with Gasteiger partial charge in [0.2, 0.25) is 5.69 Å². The van der Waals surface area contributed by atoms with Gasteiger partial charge in [0, 0.05) is 25.4 Å². The van der Waals surface area contributed by atoms with Gasteiger partial charge in [0.05, 0.1) is 21.9 Å². The van der Waals surface area contributed by atoms with Gasteiger partial charge in [-0.2, -0.15) is 0 Å². The second-order valence-electron chi connectivity index (χ2n) is 3.78. The number of hydrogen-bond donors (Lipinski definition) is 0. The van der Waals surface area contributed by atoms with Gasteiger partial charge in [0.1, 0.15) is 0 Å². The molecular formula is C9H11N3O7S. The summed E-state index contributed by atoms with van der Waals surface area (Å²) in [6.07, 6.45) is 0.801. The fourth-order valence-corrected chi connectivity index (χ4v) is 2.14. The van der Waals surface area contributed by atoms with Crippen LogP contribution in [-0.2, 0) is 14.7 Å². The molecule has 0 bridgehead atoms. The molecule has 0 aliphatic rings. The molecule has 0 aliphatic heterocycles. The molecule has 0 N–H and O–H groups in total. The molecule has 1 rings (SSSR count). The van der Waals surface area contributed by atoms with Crippen molar-refractivity contribution in [3.05, 3.63) is 32.4 Å². The Balaban J connectivity index is 3.82. The molecule has 11 heteroatoms. The highest BCUT2D eigenvalue weighted by Gasteiger charge is 2.32. The van der Waals surface area contributed by atoms with Crippen molar-refractivity contribution < 1.29 is 23.1 Å². The summed E-state index contributed by atoms with van der Waals surface area (Å²) in [7, 11) is -1.44. The Morgan fingerprint density at radius 1 is 1.15 bits per heavy atom. The molecule has 0 aromatic heterocycles. The van der Waals surface area contributed by atoms with Crippen molar-refractivity contribution in [1.29, 1.82) is 0 Å². The summed E-state index contributed by atoms with van der Waals surface area (Å²) in [6, 6.07) is 1.51. The van der Waals surface area contributed by atoms with E-state index in [1.807, 2.05) is 0 Å². The summed E-state index contributed by atoms with van der Waals surface area (Å²) in [5.41, 5.74) is -1.90. The van der Waals surface area contributed by atoms with Gasteiger partial charge in [0.15, 0.2) is 9.84 Å². The van der Waals surface area contributed by atoms with Crippen LogP contribution < -0.4 is 5.06 Å². The SMILES string of the molecule is CON(C)c1c([N+](=O)[O-])cc(S(C)(=O)=O)cc1[N+](=O)[O-]. The molecule has 0 unspecified atom stereocenters. The predicted molar refractivity (Wildman–Crippen MR) is 68.3 cm³/mol. The average Bonchev–Trinajstić information content (AvgIpc) is 2.34. The van der Waals surface area contributed by atoms with Gasteiger partial charge in [-0.3, -0.25) is 25.1 Å². The molecular weight excluding hydrogens is 294 g/mol. The van der Waals surface area contributed by atoms with E-state index in [1.165, 1.54) is 7.05 Å². The molecule has 0 fully saturated rings. The lowest BCUT2D eigenvalue weighted by Crippen LogP contribution is -2.18. The fraction of sp³-hybridized carbons (Fsp3) is 0.333. The number of anilines is 1. The summed E-state index contributed by atoms with van der Waals surface area (Å²) in [5.74, 6) is 0. The maximum atomic E-state index is 11.4. The highest BCUT2D eigenvalue weighted by atomic mass is 32.2. The zero-order valence-corrected chi connectivity index (χ0v) is 11.6. The Labute approximate surface area is 113 Å². The highest BCUT2D eigenvalue weighted by molar-refractivity contribution is 7.90. The fourth-order valence-electron chi connectivity index (χ4n) is 1.49. The van der Waals surface area contributed by atoms with Crippen molar-refractivity contribution in [2.45, 2.75) is 4.90 Å². The Morgan fingerprint density at radius 3 is 1.80 bits per heavy atom. The first-order valence-electron chi connectivity index (χ1n) is 5.04. The van der Waals surface area contributed by atoms with Gasteiger partial charge in [0.25, 0.3) is 0 Å². The van der Waals surface area contributed by atoms with Crippen LogP contribution in [0.3, 0.4) is 0 Å². The molecule has 1 aromatic rings. The van der Waals surface area contributed by atoms with Crippen LogP contribution in [0.4, 0.5) is 17.1 Å². The van der Waals surface area contributed by atoms with E-state index >= 15 is 0 Å². The van der Waals surface area contributed by atoms with E-state index in [0.29, 0.717) is 0 Å². The zero-order valence-electron chi connectivity index (χ0n) is 10.8. The highest BCUT2D eigenvalue weighted by Crippen LogP contribution is 2.39. The third kappa shape index (κ3) is 3.00. The van der Waals surface area contributed by atoms with Crippen molar-refractivity contribution in [3.63, 3.8) is 0 Å². The third-order valence-electron chi connectivity index (χ3n) is 2.45. The second kappa shape index (κ2) is 5.38. The van der Waals surface area contributed by atoms with Gasteiger partial charge >= 0.3 is 11.4 Å². The molecule has 0 spiro atoms. The number of nitrogens with zero attached hydrogens (tertiary/aromatic N) is 3. The van der Waals surface area contributed by atoms with E-state index in [1.54, 1.807) is 0 Å². The molecule has 110 valence electrons. The van der Waals surface area contributed by atoms with E-state index in [-0.39, 0.29) is 0 Å². The van der Waals surface area contributed by atoms with Gasteiger partial charge in [-0.05, 0) is 0 Å². The lowest BCUT2D eigenvalue weighted by Gasteiger charge is -2.16. The number of hydrogen-bond acceptors (Lipinski definition) is 8. The molecule has 0 radical (unpaired) electrons. The molecule has 0 amide bonds. The van der Waals surface area contributed by atoms with Crippen molar-refractivity contribution in [3.8, 4) is 0 Å². The first-order chi connectivity index (χ1) is 9.09. The molecule has 0 saturated heterocycles. The molecule has 0 heterocycles. The Morgan fingerprint density at radius 2 is 1.55 bits per heavy atom. The van der Waals surface area contributed by atoms with E-state index in [9.17, 15) is 28.6 Å². The predicted octanol–water partition coefficient (Wildman–Crippen LogP) is 0.904. The Bertz CT molecular complexity index is 635. The minimum Gasteiger partial charge on any atom is -0.277 e. The summed E-state index contributed by atoms with van der Waals surface area (Å²) >= 11 is 0. The van der Waals surface area contributed by atoms with Crippen LogP contribution in [0, 0.1) is 20.2 Å². The first kappa shape index (κ1) is 15.8. The normalized spacial score (nSPS) is 11.2. The minimum absolute atomic E-state index is 0.435. The quantitative estimate of drug-likeness (QED) is 0.578. The average molecular weight is 305 g/mol. The summed E-state index contributed by atoms with van der Waals surface area (Å²) < 4.78 is 22.9. The first-order valence-corrected chi connectivity index (χ1v) is 6.93. The van der Waals surface area contributed by atoms with Gasteiger partial charge in [-0.25, -0.2) is 13.5 Å². The van der Waals surface area contributed by atoms with E-state index < -0.39 is 41.6 Å². The van der Waals surface area contributed by atoms with Crippen LogP contribution in [0.2, 0.25) is 0 Å². The molecule has 20 heavy (non-hydrogen) atoms. The number of nitro groups is 2. The zero-order chi connectivity index (χ0) is 15.7. The second-order valence-corrected chi connectivity index (χ2v) is 5.79. The number of benzene rings is 1. The molecule has 10 nitrogen and oxygen atoms in total. The topological polar surface area (TPSA) is 133 Å². The van der Waals surface area contributed by atoms with E-state index in [2.05, 4.69) is 0 Å². The smallest absolute Gasteiger partial charge is 0.277 e. The van der Waals surface area contributed by atoms with E-state index in [4.69, 9.17) is 4.84 Å². The summed E-state index contributed by atoms with van der Waals surface area (Å²) in [5, 5.41) is 22.8. The van der Waals surface area contributed by atoms with Gasteiger partial charge in [-0.1, -0.05) is 0 Å². The Kier molecular flexibility index (Phi) is 4.25. The largest absolute Gasteiger partial charge is 0.303 e. The van der Waals surface area contributed by atoms with Crippen LogP contribution in [0.25, 0.3) is 0 Å². The number of nitro benzene ring substituents is 2. The third-order valence-corrected chi connectivity index (χ3v) is 3.55. The molecule has 1 aromatic carbocycles. The van der Waals surface area contributed by atoms with Crippen LogP contribution in [0.1, 0.15) is 0 Å². The maximum Gasteiger partial charge on any atom is 0.303 e. The molecule has 0 saturated carbocycles. The van der Waals surface area contributed by atoms with Crippen molar-refractivity contribution >= 4 is 26.9 Å². The van der Waals surface area contributed by atoms with Crippen molar-refractivity contribution in [2.24, 2.45) is 0 Å². The number of sulfone groups is 1. The van der Waals surface area contributed by atoms with Crippen molar-refractivity contribution in [1.82, 2.24) is 0 Å². The van der Waals surface area contributed by atoms with Crippen LogP contribution in [0.15, 0.2) is 17.0 Å². The van der Waals surface area contributed by atoms with Crippen LogP contribution in [-0.4, -0.2) is 38.7 Å². The molecule has 0 aliphatic carbocycles.